The van der Waals surface area contributed by atoms with E-state index in [2.05, 4.69) is 10.3 Å². The van der Waals surface area contributed by atoms with Crippen LogP contribution < -0.4 is 5.32 Å². The minimum atomic E-state index is -1.10. The molecule has 6 rings (SSSR count). The number of nitrogens with zero attached hydrogens (tertiary/aromatic N) is 1. The van der Waals surface area contributed by atoms with Crippen molar-refractivity contribution in [3.63, 3.8) is 0 Å². The number of benzene rings is 1. The van der Waals surface area contributed by atoms with Crippen molar-refractivity contribution in [2.24, 2.45) is 23.2 Å². The molecule has 30 heavy (non-hydrogen) atoms. The van der Waals surface area contributed by atoms with Crippen LogP contribution in [0.4, 0.5) is 0 Å². The third-order valence-electron chi connectivity index (χ3n) is 7.32. The summed E-state index contributed by atoms with van der Waals surface area (Å²) in [7, 11) is 0. The highest BCUT2D eigenvalue weighted by Gasteiger charge is 2.50. The molecule has 0 aliphatic heterocycles. The molecule has 0 unspecified atom stereocenters. The van der Waals surface area contributed by atoms with Crippen LogP contribution in [0.3, 0.4) is 0 Å². The summed E-state index contributed by atoms with van der Waals surface area (Å²) in [5, 5.41) is 12.9. The number of halogens is 1. The van der Waals surface area contributed by atoms with Crippen molar-refractivity contribution in [1.82, 2.24) is 10.3 Å². The number of rotatable bonds is 5. The zero-order chi connectivity index (χ0) is 20.9. The van der Waals surface area contributed by atoms with Gasteiger partial charge in [0.2, 0.25) is 0 Å². The molecular weight excluding hydrogens is 400 g/mol. The maximum atomic E-state index is 13.0. The van der Waals surface area contributed by atoms with E-state index < -0.39 is 5.97 Å². The number of pyridine rings is 1. The lowest BCUT2D eigenvalue weighted by molar-refractivity contribution is -0.0503. The van der Waals surface area contributed by atoms with E-state index in [1.54, 1.807) is 30.3 Å². The Labute approximate surface area is 180 Å². The Kier molecular flexibility index (Phi) is 4.81. The van der Waals surface area contributed by atoms with Crippen LogP contribution in [0.5, 0.6) is 0 Å². The van der Waals surface area contributed by atoms with Crippen LogP contribution in [0.15, 0.2) is 36.5 Å². The Morgan fingerprint density at radius 2 is 1.77 bits per heavy atom. The maximum absolute atomic E-state index is 13.0. The van der Waals surface area contributed by atoms with Gasteiger partial charge in [-0.2, -0.15) is 0 Å². The summed E-state index contributed by atoms with van der Waals surface area (Å²) in [6.07, 6.45) is 9.25. The fourth-order valence-corrected chi connectivity index (χ4v) is 6.75. The van der Waals surface area contributed by atoms with E-state index in [0.717, 1.165) is 17.8 Å². The summed E-state index contributed by atoms with van der Waals surface area (Å²) in [4.78, 5) is 28.5. The second-order valence-electron chi connectivity index (χ2n) is 9.50. The van der Waals surface area contributed by atoms with Gasteiger partial charge in [0, 0.05) is 18.3 Å². The molecule has 0 atom stereocenters. The lowest BCUT2D eigenvalue weighted by Crippen LogP contribution is -2.51. The number of carbonyl (C=O) groups is 2. The molecule has 1 amide bonds. The number of aromatic nitrogens is 1. The zero-order valence-electron chi connectivity index (χ0n) is 16.7. The quantitative estimate of drug-likeness (QED) is 0.704. The smallest absolute Gasteiger partial charge is 0.355 e. The molecule has 1 aromatic carbocycles. The highest BCUT2D eigenvalue weighted by molar-refractivity contribution is 6.34. The van der Waals surface area contributed by atoms with E-state index in [1.165, 1.54) is 44.7 Å². The number of carboxylic acid groups (broad SMARTS) is 1. The maximum Gasteiger partial charge on any atom is 0.355 e. The second-order valence-corrected chi connectivity index (χ2v) is 9.91. The number of hydrogen-bond acceptors (Lipinski definition) is 3. The van der Waals surface area contributed by atoms with Crippen LogP contribution in [0, 0.1) is 23.2 Å². The van der Waals surface area contributed by atoms with Crippen LogP contribution >= 0.6 is 11.6 Å². The fraction of sp³-hybridized carbons (Fsp3) is 0.458. The summed E-state index contributed by atoms with van der Waals surface area (Å²) in [6, 6.07) is 8.41. The number of carbonyl (C=O) groups excluding carboxylic acids is 1. The highest BCUT2D eigenvalue weighted by atomic mass is 35.5. The lowest BCUT2D eigenvalue weighted by atomic mass is 9.49. The lowest BCUT2D eigenvalue weighted by Gasteiger charge is -2.56. The largest absolute Gasteiger partial charge is 0.476 e. The van der Waals surface area contributed by atoms with Gasteiger partial charge in [0.1, 0.15) is 0 Å². The van der Waals surface area contributed by atoms with Gasteiger partial charge in [0.25, 0.3) is 5.91 Å². The average Bonchev–Trinajstić information content (AvgIpc) is 2.71. The molecule has 4 saturated carbocycles. The minimum absolute atomic E-state index is 0.0419. The number of nitrogens with one attached hydrogen (secondary N) is 1. The number of hydrogen-bond donors (Lipinski definition) is 2. The summed E-state index contributed by atoms with van der Waals surface area (Å²) < 4.78 is 0. The molecular formula is C24H25ClN2O3. The second kappa shape index (κ2) is 7.38. The van der Waals surface area contributed by atoms with E-state index in [-0.39, 0.29) is 17.0 Å². The van der Waals surface area contributed by atoms with E-state index >= 15 is 0 Å². The van der Waals surface area contributed by atoms with Crippen LogP contribution in [0.2, 0.25) is 5.02 Å². The van der Waals surface area contributed by atoms with Gasteiger partial charge in [0.15, 0.2) is 5.69 Å². The molecule has 4 aliphatic carbocycles. The van der Waals surface area contributed by atoms with Gasteiger partial charge in [-0.15, -0.1) is 0 Å². The van der Waals surface area contributed by atoms with Gasteiger partial charge in [-0.3, -0.25) is 4.79 Å². The molecule has 1 aromatic heterocycles. The molecule has 0 radical (unpaired) electrons. The van der Waals surface area contributed by atoms with E-state index in [4.69, 9.17) is 11.6 Å². The Morgan fingerprint density at radius 1 is 1.10 bits per heavy atom. The van der Waals surface area contributed by atoms with Gasteiger partial charge < -0.3 is 10.4 Å². The summed E-state index contributed by atoms with van der Waals surface area (Å²) in [5.74, 6) is 1.20. The molecule has 0 spiro atoms. The van der Waals surface area contributed by atoms with E-state index in [1.807, 2.05) is 0 Å². The summed E-state index contributed by atoms with van der Waals surface area (Å²) in [6.45, 7) is 0.698. The Hall–Kier alpha value is -2.40. The first-order valence-electron chi connectivity index (χ1n) is 10.7. The molecule has 1 heterocycles. The normalized spacial score (nSPS) is 29.0. The molecule has 0 saturated heterocycles. The van der Waals surface area contributed by atoms with Crippen LogP contribution in [-0.2, 0) is 0 Å². The molecule has 4 fully saturated rings. The van der Waals surface area contributed by atoms with Crippen molar-refractivity contribution in [2.75, 3.05) is 6.54 Å². The van der Waals surface area contributed by atoms with Gasteiger partial charge in [-0.05, 0) is 85.5 Å². The molecule has 2 aromatic rings. The SMILES string of the molecule is O=C(NCC12CC3CC(CC(C3)C1)C2)c1cc(-c2cccnc2C(=O)O)ccc1Cl. The first-order valence-corrected chi connectivity index (χ1v) is 11.1. The van der Waals surface area contributed by atoms with Crippen LogP contribution in [-0.4, -0.2) is 28.5 Å². The van der Waals surface area contributed by atoms with Crippen molar-refractivity contribution in [3.05, 3.63) is 52.8 Å². The average molecular weight is 425 g/mol. The molecule has 6 heteroatoms. The van der Waals surface area contributed by atoms with E-state index in [0.29, 0.717) is 28.3 Å². The number of amides is 1. The Balaban J connectivity index is 1.37. The molecule has 5 nitrogen and oxygen atoms in total. The van der Waals surface area contributed by atoms with E-state index in [9.17, 15) is 14.7 Å². The number of carboxylic acids is 1. The predicted octanol–water partition coefficient (Wildman–Crippen LogP) is 5.05. The first-order chi connectivity index (χ1) is 14.4. The van der Waals surface area contributed by atoms with Gasteiger partial charge >= 0.3 is 5.97 Å². The van der Waals surface area contributed by atoms with Crippen LogP contribution in [0.25, 0.3) is 11.1 Å². The molecule has 2 N–H and O–H groups in total. The van der Waals surface area contributed by atoms with Crippen molar-refractivity contribution in [2.45, 2.75) is 38.5 Å². The minimum Gasteiger partial charge on any atom is -0.476 e. The van der Waals surface area contributed by atoms with Crippen LogP contribution in [0.1, 0.15) is 59.4 Å². The van der Waals surface area contributed by atoms with Crippen molar-refractivity contribution < 1.29 is 14.7 Å². The Morgan fingerprint density at radius 3 is 2.40 bits per heavy atom. The standard InChI is InChI=1S/C24H25ClN2O3/c25-20-4-3-17(18-2-1-5-26-21(18)23(29)30)9-19(20)22(28)27-13-24-10-14-6-15(11-24)8-16(7-14)12-24/h1-5,9,14-16H,6-8,10-13H2,(H,27,28)(H,29,30). The Bertz CT molecular complexity index is 984. The predicted molar refractivity (Wildman–Crippen MR) is 115 cm³/mol. The molecule has 156 valence electrons. The highest BCUT2D eigenvalue weighted by Crippen LogP contribution is 2.59. The van der Waals surface area contributed by atoms with Crippen molar-refractivity contribution >= 4 is 23.5 Å². The molecule has 4 bridgehead atoms. The topological polar surface area (TPSA) is 79.3 Å². The summed E-state index contributed by atoms with van der Waals surface area (Å²) >= 11 is 6.34. The van der Waals surface area contributed by atoms with Crippen molar-refractivity contribution in [1.29, 1.82) is 0 Å². The van der Waals surface area contributed by atoms with Gasteiger partial charge in [0.05, 0.1) is 10.6 Å². The van der Waals surface area contributed by atoms with Gasteiger partial charge in [-0.1, -0.05) is 23.7 Å². The zero-order valence-corrected chi connectivity index (χ0v) is 17.5. The van der Waals surface area contributed by atoms with Gasteiger partial charge in [-0.25, -0.2) is 9.78 Å². The third-order valence-corrected chi connectivity index (χ3v) is 7.65. The first kappa shape index (κ1) is 19.6. The fourth-order valence-electron chi connectivity index (χ4n) is 6.55. The molecule has 4 aliphatic rings. The number of aromatic carboxylic acids is 1. The van der Waals surface area contributed by atoms with Crippen molar-refractivity contribution in [3.8, 4) is 11.1 Å². The monoisotopic (exact) mass is 424 g/mol. The third kappa shape index (κ3) is 3.49. The summed E-state index contributed by atoms with van der Waals surface area (Å²) in [5.41, 5.74) is 1.66.